The normalized spacial score (nSPS) is 18.4. The molecular weight excluding hydrogens is 298 g/mol. The maximum absolute atomic E-state index is 12.0. The van der Waals surface area contributed by atoms with Gasteiger partial charge in [0.05, 0.1) is 0 Å². The molecule has 2 N–H and O–H groups in total. The van der Waals surface area contributed by atoms with E-state index >= 15 is 0 Å². The smallest absolute Gasteiger partial charge is 0.0486 e. The Bertz CT molecular complexity index is 416. The van der Waals surface area contributed by atoms with E-state index in [0.29, 0.717) is 11.7 Å². The van der Waals surface area contributed by atoms with Crippen LogP contribution in [0.25, 0.3) is 0 Å². The number of nitrogen functional groups attached to an aromatic ring is 1. The second-order valence-corrected chi connectivity index (χ2v) is 7.11. The van der Waals surface area contributed by atoms with E-state index in [1.165, 1.54) is 25.7 Å². The van der Waals surface area contributed by atoms with Crippen LogP contribution in [0.2, 0.25) is 0 Å². The van der Waals surface area contributed by atoms with Crippen LogP contribution in [0.3, 0.4) is 0 Å². The Morgan fingerprint density at radius 1 is 1.35 bits per heavy atom. The first-order chi connectivity index (χ1) is 8.15. The van der Waals surface area contributed by atoms with Crippen molar-refractivity contribution in [2.45, 2.75) is 31.4 Å². The van der Waals surface area contributed by atoms with Crippen molar-refractivity contribution in [3.8, 4) is 0 Å². The number of hydrogen-bond donors (Lipinski definition) is 1. The topological polar surface area (TPSA) is 43.1 Å². The highest BCUT2D eigenvalue weighted by molar-refractivity contribution is 9.10. The molecule has 1 aliphatic rings. The van der Waals surface area contributed by atoms with Crippen molar-refractivity contribution in [3.63, 3.8) is 0 Å². The highest BCUT2D eigenvalue weighted by atomic mass is 79.9. The third-order valence-corrected chi connectivity index (χ3v) is 5.51. The van der Waals surface area contributed by atoms with Gasteiger partial charge < -0.3 is 5.73 Å². The first-order valence-electron chi connectivity index (χ1n) is 6.04. The van der Waals surface area contributed by atoms with Gasteiger partial charge in [-0.05, 0) is 52.4 Å². The fourth-order valence-electron chi connectivity index (χ4n) is 2.37. The minimum Gasteiger partial charge on any atom is -0.398 e. The van der Waals surface area contributed by atoms with E-state index in [0.717, 1.165) is 21.5 Å². The number of halogens is 1. The largest absolute Gasteiger partial charge is 0.398 e. The molecule has 1 saturated carbocycles. The van der Waals surface area contributed by atoms with Gasteiger partial charge in [-0.2, -0.15) is 0 Å². The fraction of sp³-hybridized carbons (Fsp3) is 0.538. The standard InChI is InChI=1S/C13H18BrNOS/c14-12-6-5-11(7-13(12)15)9-17(16)8-10-3-1-2-4-10/h5-7,10H,1-4,8-9,15H2. The summed E-state index contributed by atoms with van der Waals surface area (Å²) in [4.78, 5) is 0. The van der Waals surface area contributed by atoms with Crippen molar-refractivity contribution in [2.75, 3.05) is 11.5 Å². The van der Waals surface area contributed by atoms with Crippen molar-refractivity contribution < 1.29 is 4.21 Å². The summed E-state index contributed by atoms with van der Waals surface area (Å²) in [5.41, 5.74) is 7.61. The molecule has 0 heterocycles. The average Bonchev–Trinajstić information content (AvgIpc) is 2.76. The molecule has 1 unspecified atom stereocenters. The second-order valence-electron chi connectivity index (χ2n) is 4.76. The van der Waals surface area contributed by atoms with E-state index in [-0.39, 0.29) is 0 Å². The molecule has 2 rings (SSSR count). The van der Waals surface area contributed by atoms with E-state index < -0.39 is 10.8 Å². The molecule has 1 aromatic carbocycles. The van der Waals surface area contributed by atoms with Crippen LogP contribution < -0.4 is 5.73 Å². The predicted octanol–water partition coefficient (Wildman–Crippen LogP) is 3.47. The summed E-state index contributed by atoms with van der Waals surface area (Å²) < 4.78 is 12.9. The third-order valence-electron chi connectivity index (χ3n) is 3.28. The zero-order chi connectivity index (χ0) is 12.3. The van der Waals surface area contributed by atoms with Crippen molar-refractivity contribution in [1.29, 1.82) is 0 Å². The first kappa shape index (κ1) is 13.1. The molecule has 0 spiro atoms. The molecule has 0 aliphatic heterocycles. The van der Waals surface area contributed by atoms with E-state index in [2.05, 4.69) is 15.9 Å². The number of hydrogen-bond acceptors (Lipinski definition) is 2. The van der Waals surface area contributed by atoms with Crippen LogP contribution in [0.15, 0.2) is 22.7 Å². The molecular formula is C13H18BrNOS. The van der Waals surface area contributed by atoms with Gasteiger partial charge >= 0.3 is 0 Å². The maximum atomic E-state index is 12.0. The highest BCUT2D eigenvalue weighted by Gasteiger charge is 2.17. The van der Waals surface area contributed by atoms with E-state index in [9.17, 15) is 4.21 Å². The van der Waals surface area contributed by atoms with Crippen LogP contribution in [0.4, 0.5) is 5.69 Å². The molecule has 1 aromatic rings. The van der Waals surface area contributed by atoms with Gasteiger partial charge in [0.15, 0.2) is 0 Å². The molecule has 2 nitrogen and oxygen atoms in total. The molecule has 0 radical (unpaired) electrons. The van der Waals surface area contributed by atoms with Crippen LogP contribution in [0.1, 0.15) is 31.2 Å². The molecule has 0 bridgehead atoms. The zero-order valence-electron chi connectivity index (χ0n) is 9.82. The minimum atomic E-state index is -0.747. The summed E-state index contributed by atoms with van der Waals surface area (Å²) in [6.45, 7) is 0. The van der Waals surface area contributed by atoms with Crippen molar-refractivity contribution in [2.24, 2.45) is 5.92 Å². The third kappa shape index (κ3) is 3.81. The van der Waals surface area contributed by atoms with Crippen LogP contribution in [0, 0.1) is 5.92 Å². The lowest BCUT2D eigenvalue weighted by molar-refractivity contribution is 0.604. The SMILES string of the molecule is Nc1cc(CS(=O)CC2CCCC2)ccc1Br. The number of rotatable bonds is 4. The molecule has 1 atom stereocenters. The van der Waals surface area contributed by atoms with Gasteiger partial charge in [-0.1, -0.05) is 18.9 Å². The summed E-state index contributed by atoms with van der Waals surface area (Å²) in [7, 11) is -0.747. The Balaban J connectivity index is 1.90. The Morgan fingerprint density at radius 3 is 2.71 bits per heavy atom. The van der Waals surface area contributed by atoms with E-state index in [4.69, 9.17) is 5.73 Å². The summed E-state index contributed by atoms with van der Waals surface area (Å²) in [5, 5.41) is 0. The lowest BCUT2D eigenvalue weighted by Crippen LogP contribution is -2.09. The minimum absolute atomic E-state index is 0.633. The van der Waals surface area contributed by atoms with Crippen LogP contribution in [-0.4, -0.2) is 9.96 Å². The molecule has 0 saturated heterocycles. The summed E-state index contributed by atoms with van der Waals surface area (Å²) in [6, 6.07) is 5.83. The van der Waals surface area contributed by atoms with Gasteiger partial charge in [0, 0.05) is 32.5 Å². The Labute approximate surface area is 114 Å². The monoisotopic (exact) mass is 315 g/mol. The Morgan fingerprint density at radius 2 is 2.06 bits per heavy atom. The summed E-state index contributed by atoms with van der Waals surface area (Å²) >= 11 is 3.37. The van der Waals surface area contributed by atoms with Crippen LogP contribution >= 0.6 is 15.9 Å². The quantitative estimate of drug-likeness (QED) is 0.864. The number of benzene rings is 1. The summed E-state index contributed by atoms with van der Waals surface area (Å²) in [6.07, 6.45) is 5.14. The van der Waals surface area contributed by atoms with Gasteiger partial charge in [-0.3, -0.25) is 4.21 Å². The van der Waals surface area contributed by atoms with Crippen molar-refractivity contribution >= 4 is 32.4 Å². The zero-order valence-corrected chi connectivity index (χ0v) is 12.2. The highest BCUT2D eigenvalue weighted by Crippen LogP contribution is 2.26. The van der Waals surface area contributed by atoms with Crippen LogP contribution in [0.5, 0.6) is 0 Å². The maximum Gasteiger partial charge on any atom is 0.0486 e. The van der Waals surface area contributed by atoms with E-state index in [1.807, 2.05) is 18.2 Å². The lowest BCUT2D eigenvalue weighted by atomic mass is 10.1. The van der Waals surface area contributed by atoms with Gasteiger partial charge in [0.25, 0.3) is 0 Å². The number of nitrogens with two attached hydrogens (primary N) is 1. The van der Waals surface area contributed by atoms with Crippen LogP contribution in [-0.2, 0) is 16.6 Å². The van der Waals surface area contributed by atoms with Gasteiger partial charge in [-0.25, -0.2) is 0 Å². The lowest BCUT2D eigenvalue weighted by Gasteiger charge is -2.09. The van der Waals surface area contributed by atoms with Gasteiger partial charge in [0.2, 0.25) is 0 Å². The fourth-order valence-corrected chi connectivity index (χ4v) is 4.14. The first-order valence-corrected chi connectivity index (χ1v) is 8.32. The molecule has 4 heteroatoms. The second kappa shape index (κ2) is 6.01. The molecule has 1 fully saturated rings. The Kier molecular flexibility index (Phi) is 4.62. The predicted molar refractivity (Wildman–Crippen MR) is 77.2 cm³/mol. The molecule has 0 amide bonds. The average molecular weight is 316 g/mol. The van der Waals surface area contributed by atoms with Gasteiger partial charge in [-0.15, -0.1) is 0 Å². The summed E-state index contributed by atoms with van der Waals surface area (Å²) in [5.74, 6) is 2.17. The molecule has 17 heavy (non-hydrogen) atoms. The van der Waals surface area contributed by atoms with E-state index in [1.54, 1.807) is 0 Å². The molecule has 94 valence electrons. The molecule has 1 aliphatic carbocycles. The molecule has 0 aromatic heterocycles. The van der Waals surface area contributed by atoms with Crippen molar-refractivity contribution in [1.82, 2.24) is 0 Å². The van der Waals surface area contributed by atoms with Crippen molar-refractivity contribution in [3.05, 3.63) is 28.2 Å². The number of anilines is 1. The Hall–Kier alpha value is -0.350. The van der Waals surface area contributed by atoms with Gasteiger partial charge in [0.1, 0.15) is 0 Å².